The van der Waals surface area contributed by atoms with Crippen LogP contribution in [0.5, 0.6) is 0 Å². The molecule has 4 rings (SSSR count). The van der Waals surface area contributed by atoms with Crippen molar-refractivity contribution < 1.29 is 27.3 Å². The topological polar surface area (TPSA) is 97.1 Å². The van der Waals surface area contributed by atoms with Crippen LogP contribution in [0.4, 0.5) is 24.7 Å². The largest absolute Gasteiger partial charge is 0.416 e. The van der Waals surface area contributed by atoms with Crippen molar-refractivity contribution in [3.8, 4) is 0 Å². The maximum atomic E-state index is 12.9. The number of carbonyl (C=O) groups is 2. The Labute approximate surface area is 221 Å². The minimum Gasteiger partial charge on any atom is -0.359 e. The van der Waals surface area contributed by atoms with E-state index in [-0.39, 0.29) is 29.9 Å². The lowest BCUT2D eigenvalue weighted by molar-refractivity contribution is -0.137. The molecular formula is C27H25F3N4O3S. The molecule has 2 aromatic carbocycles. The van der Waals surface area contributed by atoms with Gasteiger partial charge >= 0.3 is 6.18 Å². The summed E-state index contributed by atoms with van der Waals surface area (Å²) >= 11 is 1.20. The van der Waals surface area contributed by atoms with Crippen LogP contribution in [0.2, 0.25) is 0 Å². The van der Waals surface area contributed by atoms with E-state index in [4.69, 9.17) is 4.52 Å². The van der Waals surface area contributed by atoms with Crippen molar-refractivity contribution in [2.45, 2.75) is 45.2 Å². The Morgan fingerprint density at radius 3 is 2.37 bits per heavy atom. The molecule has 0 aliphatic heterocycles. The van der Waals surface area contributed by atoms with Gasteiger partial charge in [0.1, 0.15) is 11.5 Å². The van der Waals surface area contributed by atoms with Crippen LogP contribution in [-0.2, 0) is 29.2 Å². The number of benzene rings is 2. The second kappa shape index (κ2) is 10.8. The summed E-state index contributed by atoms with van der Waals surface area (Å²) in [5.74, 6) is 0.310. The number of halogens is 3. The fraction of sp³-hybridized carbons (Fsp3) is 0.259. The zero-order valence-electron chi connectivity index (χ0n) is 20.8. The number of hydrogen-bond donors (Lipinski definition) is 2. The molecule has 38 heavy (non-hydrogen) atoms. The van der Waals surface area contributed by atoms with Crippen LogP contribution in [0.3, 0.4) is 0 Å². The molecule has 0 atom stereocenters. The Morgan fingerprint density at radius 1 is 0.974 bits per heavy atom. The van der Waals surface area contributed by atoms with Gasteiger partial charge in [-0.25, -0.2) is 4.98 Å². The van der Waals surface area contributed by atoms with Crippen molar-refractivity contribution in [3.05, 3.63) is 93.1 Å². The molecule has 2 N–H and O–H groups in total. The van der Waals surface area contributed by atoms with E-state index in [0.717, 1.165) is 17.7 Å². The number of nitrogens with zero attached hydrogens (tertiary/aromatic N) is 2. The van der Waals surface area contributed by atoms with E-state index >= 15 is 0 Å². The van der Waals surface area contributed by atoms with Gasteiger partial charge in [0.2, 0.25) is 5.91 Å². The average Bonchev–Trinajstić information content (AvgIpc) is 3.50. The molecule has 7 nitrogen and oxygen atoms in total. The van der Waals surface area contributed by atoms with E-state index in [9.17, 15) is 22.8 Å². The molecule has 0 aliphatic rings. The molecule has 0 unspecified atom stereocenters. The zero-order valence-corrected chi connectivity index (χ0v) is 21.7. The molecular weight excluding hydrogens is 517 g/mol. The summed E-state index contributed by atoms with van der Waals surface area (Å²) in [5.41, 5.74) is 0.925. The number of amides is 2. The van der Waals surface area contributed by atoms with E-state index in [1.165, 1.54) is 17.4 Å². The van der Waals surface area contributed by atoms with Crippen molar-refractivity contribution >= 4 is 34.7 Å². The predicted octanol–water partition coefficient (Wildman–Crippen LogP) is 6.47. The number of hydrogen-bond acceptors (Lipinski definition) is 6. The smallest absolute Gasteiger partial charge is 0.359 e. The molecule has 0 saturated carbocycles. The lowest BCUT2D eigenvalue weighted by atomic mass is 9.93. The van der Waals surface area contributed by atoms with E-state index in [0.29, 0.717) is 27.8 Å². The molecule has 2 heterocycles. The number of carbonyl (C=O) groups excluding carboxylic acids is 2. The van der Waals surface area contributed by atoms with Gasteiger partial charge in [0.25, 0.3) is 5.91 Å². The summed E-state index contributed by atoms with van der Waals surface area (Å²) in [6.07, 6.45) is -4.13. The fourth-order valence-electron chi connectivity index (χ4n) is 3.49. The van der Waals surface area contributed by atoms with Gasteiger partial charge in [-0.2, -0.15) is 13.2 Å². The maximum Gasteiger partial charge on any atom is 0.416 e. The lowest BCUT2D eigenvalue weighted by Gasteiger charge is -2.12. The van der Waals surface area contributed by atoms with Crippen molar-refractivity contribution in [1.82, 2.24) is 10.1 Å². The third kappa shape index (κ3) is 7.06. The number of aromatic nitrogens is 2. The molecule has 11 heteroatoms. The van der Waals surface area contributed by atoms with Gasteiger partial charge in [-0.1, -0.05) is 56.3 Å². The number of anilines is 2. The van der Waals surface area contributed by atoms with E-state index in [1.807, 2.05) is 20.8 Å². The first-order valence-electron chi connectivity index (χ1n) is 11.6. The Bertz CT molecular complexity index is 1440. The molecule has 2 amide bonds. The van der Waals surface area contributed by atoms with Crippen molar-refractivity contribution in [1.29, 1.82) is 0 Å². The lowest BCUT2D eigenvalue weighted by Crippen LogP contribution is -2.15. The summed E-state index contributed by atoms with van der Waals surface area (Å²) < 4.78 is 44.1. The first-order valence-corrected chi connectivity index (χ1v) is 12.5. The third-order valence-electron chi connectivity index (χ3n) is 5.49. The van der Waals surface area contributed by atoms with Crippen LogP contribution in [0.15, 0.2) is 64.5 Å². The molecule has 0 spiro atoms. The molecule has 0 fully saturated rings. The Hall–Kier alpha value is -3.99. The van der Waals surface area contributed by atoms with Gasteiger partial charge in [-0.15, -0.1) is 11.3 Å². The molecule has 0 radical (unpaired) electrons. The normalized spacial score (nSPS) is 11.8. The fourth-order valence-corrected chi connectivity index (χ4v) is 4.30. The van der Waals surface area contributed by atoms with E-state index in [1.54, 1.807) is 41.8 Å². The Morgan fingerprint density at radius 2 is 1.71 bits per heavy atom. The molecule has 4 aromatic rings. The minimum absolute atomic E-state index is 0.108. The predicted molar refractivity (Wildman–Crippen MR) is 138 cm³/mol. The van der Waals surface area contributed by atoms with Crippen LogP contribution < -0.4 is 10.6 Å². The number of alkyl halides is 3. The molecule has 0 aliphatic carbocycles. The minimum atomic E-state index is -4.42. The highest BCUT2D eigenvalue weighted by atomic mass is 32.1. The monoisotopic (exact) mass is 542 g/mol. The van der Waals surface area contributed by atoms with Gasteiger partial charge in [-0.05, 0) is 29.3 Å². The van der Waals surface area contributed by atoms with Gasteiger partial charge in [0.15, 0.2) is 5.82 Å². The molecule has 2 aromatic heterocycles. The number of nitrogens with one attached hydrogen (secondary N) is 2. The van der Waals surface area contributed by atoms with Gasteiger partial charge in [0.05, 0.1) is 17.0 Å². The molecule has 0 bridgehead atoms. The summed E-state index contributed by atoms with van der Waals surface area (Å²) in [4.78, 5) is 29.2. The summed E-state index contributed by atoms with van der Waals surface area (Å²) in [7, 11) is 0. The van der Waals surface area contributed by atoms with Gasteiger partial charge < -0.3 is 15.2 Å². The second-order valence-electron chi connectivity index (χ2n) is 9.70. The standard InChI is InChI=1S/C27H25F3N4O3S/c1-26(2,3)21-14-22(34-37-21)33-23(35)12-16-7-9-19(10-8-16)31-25(36)20-15-38-24(32-20)13-17-5-4-6-18(11-17)27(28,29)30/h4-11,14-15H,12-13H2,1-3H3,(H,31,36)(H,33,34,35). The van der Waals surface area contributed by atoms with Crippen LogP contribution in [0.1, 0.15) is 58.7 Å². The molecule has 198 valence electrons. The quantitative estimate of drug-likeness (QED) is 0.279. The molecule has 0 saturated heterocycles. The first kappa shape index (κ1) is 27.1. The highest BCUT2D eigenvalue weighted by molar-refractivity contribution is 7.09. The Kier molecular flexibility index (Phi) is 7.68. The van der Waals surface area contributed by atoms with Crippen molar-refractivity contribution in [2.75, 3.05) is 10.6 Å². The van der Waals surface area contributed by atoms with Gasteiger partial charge in [0, 0.05) is 29.0 Å². The summed E-state index contributed by atoms with van der Waals surface area (Å²) in [6.45, 7) is 5.94. The number of thiazole rings is 1. The van der Waals surface area contributed by atoms with Crippen molar-refractivity contribution in [2.24, 2.45) is 0 Å². The second-order valence-corrected chi connectivity index (χ2v) is 10.6. The third-order valence-corrected chi connectivity index (χ3v) is 6.34. The average molecular weight is 543 g/mol. The van der Waals surface area contributed by atoms with Crippen molar-refractivity contribution in [3.63, 3.8) is 0 Å². The van der Waals surface area contributed by atoms with Crippen LogP contribution in [0, 0.1) is 0 Å². The SMILES string of the molecule is CC(C)(C)c1cc(NC(=O)Cc2ccc(NC(=O)c3csc(Cc4cccc(C(F)(F)F)c4)n3)cc2)no1. The number of rotatable bonds is 7. The zero-order chi connectivity index (χ0) is 27.5. The van der Waals surface area contributed by atoms with Crippen LogP contribution in [0.25, 0.3) is 0 Å². The maximum absolute atomic E-state index is 12.9. The van der Waals surface area contributed by atoms with Crippen LogP contribution in [-0.4, -0.2) is 22.0 Å². The van der Waals surface area contributed by atoms with E-state index in [2.05, 4.69) is 20.8 Å². The van der Waals surface area contributed by atoms with E-state index < -0.39 is 17.6 Å². The Balaban J connectivity index is 1.31. The highest BCUT2D eigenvalue weighted by Crippen LogP contribution is 2.30. The first-order chi connectivity index (χ1) is 17.9. The summed E-state index contributed by atoms with van der Waals surface area (Å²) in [6, 6.07) is 13.5. The van der Waals surface area contributed by atoms with Crippen LogP contribution >= 0.6 is 11.3 Å². The summed E-state index contributed by atoms with van der Waals surface area (Å²) in [5, 5.41) is 11.4. The van der Waals surface area contributed by atoms with Gasteiger partial charge in [-0.3, -0.25) is 9.59 Å². The highest BCUT2D eigenvalue weighted by Gasteiger charge is 2.30.